The maximum Gasteiger partial charge on any atom is 0.452 e. The molecule has 1 aromatic heterocycles. The van der Waals surface area contributed by atoms with Gasteiger partial charge >= 0.3 is 6.18 Å². The van der Waals surface area contributed by atoms with Gasteiger partial charge in [0.05, 0.1) is 0 Å². The lowest BCUT2D eigenvalue weighted by Gasteiger charge is -2.29. The van der Waals surface area contributed by atoms with Crippen LogP contribution < -0.4 is 10.2 Å². The molecule has 20 heavy (non-hydrogen) atoms. The van der Waals surface area contributed by atoms with Gasteiger partial charge in [-0.25, -0.2) is 0 Å². The number of alkyl halides is 3. The highest BCUT2D eigenvalue weighted by atomic mass is 32.1. The smallest absolute Gasteiger partial charge is 0.347 e. The normalized spacial score (nSPS) is 17.4. The van der Waals surface area contributed by atoms with Gasteiger partial charge in [-0.2, -0.15) is 22.5 Å². The first kappa shape index (κ1) is 15.5. The summed E-state index contributed by atoms with van der Waals surface area (Å²) >= 11 is 0.842. The van der Waals surface area contributed by atoms with Crippen LogP contribution in [0, 0.1) is 5.92 Å². The van der Waals surface area contributed by atoms with Gasteiger partial charge in [-0.3, -0.25) is 0 Å². The number of nitrogens with one attached hydrogen (secondary N) is 1. The molecular formula is C12H19F3N4S. The van der Waals surface area contributed by atoms with E-state index in [1.807, 2.05) is 11.8 Å². The quantitative estimate of drug-likeness (QED) is 0.908. The van der Waals surface area contributed by atoms with Gasteiger partial charge in [0, 0.05) is 24.6 Å². The van der Waals surface area contributed by atoms with Gasteiger partial charge in [0.25, 0.3) is 0 Å². The number of halogens is 3. The third-order valence-electron chi connectivity index (χ3n) is 3.37. The molecule has 1 aliphatic heterocycles. The second-order valence-corrected chi connectivity index (χ2v) is 5.77. The van der Waals surface area contributed by atoms with Crippen LogP contribution in [0.3, 0.4) is 0 Å². The molecule has 4 nitrogen and oxygen atoms in total. The third-order valence-corrected chi connectivity index (χ3v) is 4.15. The molecule has 0 aliphatic carbocycles. The van der Waals surface area contributed by atoms with Crippen molar-refractivity contribution < 1.29 is 13.2 Å². The number of anilines is 1. The van der Waals surface area contributed by atoms with Crippen molar-refractivity contribution in [1.29, 1.82) is 0 Å². The van der Waals surface area contributed by atoms with E-state index in [0.29, 0.717) is 11.0 Å². The second kappa shape index (κ2) is 6.71. The topological polar surface area (TPSA) is 41.0 Å². The van der Waals surface area contributed by atoms with Gasteiger partial charge in [-0.05, 0) is 38.3 Å². The van der Waals surface area contributed by atoms with E-state index in [1.54, 1.807) is 0 Å². The number of hydrogen-bond acceptors (Lipinski definition) is 5. The average molecular weight is 308 g/mol. The van der Waals surface area contributed by atoms with E-state index in [9.17, 15) is 13.2 Å². The average Bonchev–Trinajstić information content (AvgIpc) is 2.89. The Morgan fingerprint density at radius 2 is 2.05 bits per heavy atom. The fourth-order valence-electron chi connectivity index (χ4n) is 2.37. The molecule has 1 aromatic rings. The summed E-state index contributed by atoms with van der Waals surface area (Å²) in [4.78, 5) is 5.61. The van der Waals surface area contributed by atoms with E-state index in [-0.39, 0.29) is 0 Å². The lowest BCUT2D eigenvalue weighted by Crippen LogP contribution is -2.36. The summed E-state index contributed by atoms with van der Waals surface area (Å²) in [5.41, 5.74) is 0. The SMILES string of the molecule is CCCN(CC1CCNCC1)c1nc(C(F)(F)F)ns1. The van der Waals surface area contributed by atoms with Crippen LogP contribution >= 0.6 is 11.5 Å². The van der Waals surface area contributed by atoms with Crippen LogP contribution in [-0.2, 0) is 6.18 Å². The van der Waals surface area contributed by atoms with Crippen LogP contribution in [0.5, 0.6) is 0 Å². The summed E-state index contributed by atoms with van der Waals surface area (Å²) in [7, 11) is 0. The summed E-state index contributed by atoms with van der Waals surface area (Å²) < 4.78 is 41.1. The van der Waals surface area contributed by atoms with E-state index in [2.05, 4.69) is 14.7 Å². The molecule has 0 amide bonds. The lowest BCUT2D eigenvalue weighted by molar-refractivity contribution is -0.144. The Morgan fingerprint density at radius 1 is 1.35 bits per heavy atom. The van der Waals surface area contributed by atoms with Gasteiger partial charge in [0.1, 0.15) is 0 Å². The zero-order valence-corrected chi connectivity index (χ0v) is 12.2. The highest BCUT2D eigenvalue weighted by Crippen LogP contribution is 2.31. The van der Waals surface area contributed by atoms with Crippen LogP contribution in [0.1, 0.15) is 32.0 Å². The fourth-order valence-corrected chi connectivity index (χ4v) is 3.09. The first-order valence-corrected chi connectivity index (χ1v) is 7.64. The molecule has 0 radical (unpaired) electrons. The van der Waals surface area contributed by atoms with Gasteiger partial charge < -0.3 is 10.2 Å². The highest BCUT2D eigenvalue weighted by molar-refractivity contribution is 7.09. The summed E-state index contributed by atoms with van der Waals surface area (Å²) in [6, 6.07) is 0. The number of rotatable bonds is 5. The minimum atomic E-state index is -4.46. The molecule has 114 valence electrons. The van der Waals surface area contributed by atoms with Crippen molar-refractivity contribution in [2.75, 3.05) is 31.1 Å². The Hall–Kier alpha value is -0.890. The zero-order valence-electron chi connectivity index (χ0n) is 11.4. The van der Waals surface area contributed by atoms with Crippen molar-refractivity contribution in [2.45, 2.75) is 32.4 Å². The van der Waals surface area contributed by atoms with Crippen molar-refractivity contribution >= 4 is 16.7 Å². The molecule has 1 fully saturated rings. The van der Waals surface area contributed by atoms with Crippen molar-refractivity contribution in [2.24, 2.45) is 5.92 Å². The van der Waals surface area contributed by atoms with Crippen LogP contribution in [0.15, 0.2) is 0 Å². The second-order valence-electron chi connectivity index (χ2n) is 5.04. The predicted octanol–water partition coefficient (Wildman–Crippen LogP) is 2.77. The molecule has 2 rings (SSSR count). The Kier molecular flexibility index (Phi) is 5.20. The molecule has 0 saturated carbocycles. The minimum absolute atomic E-state index is 0.387. The van der Waals surface area contributed by atoms with E-state index in [1.165, 1.54) is 0 Å². The number of piperidine rings is 1. The Morgan fingerprint density at radius 3 is 2.60 bits per heavy atom. The molecule has 1 N–H and O–H groups in total. The van der Waals surface area contributed by atoms with Crippen molar-refractivity contribution in [3.05, 3.63) is 5.82 Å². The van der Waals surface area contributed by atoms with Crippen LogP contribution in [-0.4, -0.2) is 35.5 Å². The largest absolute Gasteiger partial charge is 0.452 e. The molecular weight excluding hydrogens is 289 g/mol. The third kappa shape index (κ3) is 4.05. The Balaban J connectivity index is 2.05. The molecule has 1 saturated heterocycles. The monoisotopic (exact) mass is 308 g/mol. The minimum Gasteiger partial charge on any atom is -0.347 e. The standard InChI is InChI=1S/C12H19F3N4S/c1-2-7-19(8-9-3-5-16-6-4-9)11-17-10(18-20-11)12(13,14)15/h9,16H,2-8H2,1H3. The van der Waals surface area contributed by atoms with Crippen molar-refractivity contribution in [1.82, 2.24) is 14.7 Å². The van der Waals surface area contributed by atoms with E-state index in [0.717, 1.165) is 57.0 Å². The van der Waals surface area contributed by atoms with Crippen LogP contribution in [0.25, 0.3) is 0 Å². The molecule has 0 bridgehead atoms. The van der Waals surface area contributed by atoms with Gasteiger partial charge in [-0.15, -0.1) is 0 Å². The van der Waals surface area contributed by atoms with Gasteiger partial charge in [0.15, 0.2) is 0 Å². The maximum absolute atomic E-state index is 12.6. The molecule has 2 heterocycles. The van der Waals surface area contributed by atoms with Crippen LogP contribution in [0.2, 0.25) is 0 Å². The number of aromatic nitrogens is 2. The zero-order chi connectivity index (χ0) is 14.6. The molecule has 0 atom stereocenters. The number of hydrogen-bond donors (Lipinski definition) is 1. The lowest BCUT2D eigenvalue weighted by atomic mass is 9.97. The van der Waals surface area contributed by atoms with Crippen molar-refractivity contribution in [3.8, 4) is 0 Å². The van der Waals surface area contributed by atoms with E-state index < -0.39 is 12.0 Å². The van der Waals surface area contributed by atoms with Gasteiger partial charge in [-0.1, -0.05) is 6.92 Å². The molecule has 8 heteroatoms. The van der Waals surface area contributed by atoms with Gasteiger partial charge in [0.2, 0.25) is 11.0 Å². The Bertz CT molecular complexity index is 415. The first-order chi connectivity index (χ1) is 9.50. The molecule has 0 spiro atoms. The maximum atomic E-state index is 12.6. The molecule has 0 unspecified atom stereocenters. The molecule has 0 aromatic carbocycles. The highest BCUT2D eigenvalue weighted by Gasteiger charge is 2.36. The first-order valence-electron chi connectivity index (χ1n) is 6.87. The van der Waals surface area contributed by atoms with E-state index >= 15 is 0 Å². The summed E-state index contributed by atoms with van der Waals surface area (Å²) in [5, 5.41) is 3.68. The predicted molar refractivity (Wildman–Crippen MR) is 73.0 cm³/mol. The Labute approximate surface area is 120 Å². The summed E-state index contributed by atoms with van der Waals surface area (Å²) in [6.45, 7) is 5.46. The van der Waals surface area contributed by atoms with E-state index in [4.69, 9.17) is 0 Å². The van der Waals surface area contributed by atoms with Crippen molar-refractivity contribution in [3.63, 3.8) is 0 Å². The summed E-state index contributed by atoms with van der Waals surface area (Å²) in [5.74, 6) is -0.509. The summed E-state index contributed by atoms with van der Waals surface area (Å²) in [6.07, 6.45) is -1.45. The van der Waals surface area contributed by atoms with Crippen LogP contribution in [0.4, 0.5) is 18.3 Å². The molecule has 1 aliphatic rings. The number of nitrogens with zero attached hydrogens (tertiary/aromatic N) is 3. The fraction of sp³-hybridized carbons (Fsp3) is 0.833.